The van der Waals surface area contributed by atoms with E-state index in [-0.39, 0.29) is 30.4 Å². The standard InChI is InChI=1S/C22H25N3O6S/c1-3-30-20(28)18-13(2)23-21(29)24-15(18)11-31-19(27)16-12-32-22(10-9-17(26)25(16)22)14-7-5-4-6-8-14/h4-8,13,16H,3,9-12H2,1-2H3,(H2,23,24,29). The first-order valence-corrected chi connectivity index (χ1v) is 11.5. The molecule has 2 fully saturated rings. The van der Waals surface area contributed by atoms with Crippen molar-refractivity contribution in [3.05, 3.63) is 47.2 Å². The Bertz CT molecular complexity index is 981. The summed E-state index contributed by atoms with van der Waals surface area (Å²) in [5, 5.41) is 5.13. The van der Waals surface area contributed by atoms with E-state index in [4.69, 9.17) is 9.47 Å². The first-order valence-electron chi connectivity index (χ1n) is 10.5. The molecule has 3 amide bonds. The molecule has 3 unspecified atom stereocenters. The Labute approximate surface area is 189 Å². The summed E-state index contributed by atoms with van der Waals surface area (Å²) in [6.07, 6.45) is 0.991. The second-order valence-corrected chi connectivity index (χ2v) is 9.08. The van der Waals surface area contributed by atoms with Crippen molar-refractivity contribution in [3.63, 3.8) is 0 Å². The molecule has 3 aliphatic heterocycles. The van der Waals surface area contributed by atoms with E-state index in [1.54, 1.807) is 30.5 Å². The number of thioether (sulfide) groups is 1. The third kappa shape index (κ3) is 3.83. The molecule has 1 aromatic carbocycles. The van der Waals surface area contributed by atoms with Gasteiger partial charge in [-0.2, -0.15) is 0 Å². The number of rotatable bonds is 6. The van der Waals surface area contributed by atoms with Gasteiger partial charge >= 0.3 is 18.0 Å². The summed E-state index contributed by atoms with van der Waals surface area (Å²) in [5.74, 6) is -0.835. The van der Waals surface area contributed by atoms with Crippen LogP contribution in [0.25, 0.3) is 0 Å². The van der Waals surface area contributed by atoms with E-state index in [0.29, 0.717) is 18.6 Å². The van der Waals surface area contributed by atoms with Crippen molar-refractivity contribution < 1.29 is 28.7 Å². The molecule has 3 heterocycles. The molecular weight excluding hydrogens is 434 g/mol. The molecule has 0 aromatic heterocycles. The predicted molar refractivity (Wildman–Crippen MR) is 116 cm³/mol. The predicted octanol–water partition coefficient (Wildman–Crippen LogP) is 1.64. The second kappa shape index (κ2) is 8.85. The largest absolute Gasteiger partial charge is 0.463 e. The van der Waals surface area contributed by atoms with E-state index in [1.165, 1.54) is 0 Å². The number of esters is 2. The van der Waals surface area contributed by atoms with E-state index in [2.05, 4.69) is 10.6 Å². The van der Waals surface area contributed by atoms with E-state index in [1.807, 2.05) is 30.3 Å². The van der Waals surface area contributed by atoms with Crippen molar-refractivity contribution in [2.24, 2.45) is 0 Å². The van der Waals surface area contributed by atoms with Crippen molar-refractivity contribution >= 4 is 35.6 Å². The van der Waals surface area contributed by atoms with Gasteiger partial charge in [0.1, 0.15) is 17.5 Å². The van der Waals surface area contributed by atoms with Gasteiger partial charge in [-0.3, -0.25) is 4.79 Å². The van der Waals surface area contributed by atoms with E-state index < -0.39 is 34.9 Å². The molecule has 9 nitrogen and oxygen atoms in total. The summed E-state index contributed by atoms with van der Waals surface area (Å²) in [4.78, 5) is 51.1. The number of amides is 3. The van der Waals surface area contributed by atoms with Gasteiger partial charge in [0, 0.05) is 12.2 Å². The van der Waals surface area contributed by atoms with Crippen LogP contribution in [-0.4, -0.2) is 59.8 Å². The highest BCUT2D eigenvalue weighted by Crippen LogP contribution is 2.54. The molecular formula is C22H25N3O6S. The Morgan fingerprint density at radius 1 is 1.22 bits per heavy atom. The summed E-state index contributed by atoms with van der Waals surface area (Å²) in [6, 6.07) is 7.86. The molecule has 0 bridgehead atoms. The number of benzene rings is 1. The van der Waals surface area contributed by atoms with Crippen LogP contribution in [0.3, 0.4) is 0 Å². The van der Waals surface area contributed by atoms with Crippen LogP contribution in [0, 0.1) is 0 Å². The number of carbonyl (C=O) groups is 4. The highest BCUT2D eigenvalue weighted by molar-refractivity contribution is 8.00. The third-order valence-corrected chi connectivity index (χ3v) is 7.44. The van der Waals surface area contributed by atoms with Gasteiger partial charge in [0.15, 0.2) is 0 Å². The zero-order valence-electron chi connectivity index (χ0n) is 17.9. The van der Waals surface area contributed by atoms with Crippen molar-refractivity contribution in [2.75, 3.05) is 19.0 Å². The topological polar surface area (TPSA) is 114 Å². The van der Waals surface area contributed by atoms with Crippen LogP contribution >= 0.6 is 11.8 Å². The summed E-state index contributed by atoms with van der Waals surface area (Å²) < 4.78 is 10.6. The fourth-order valence-electron chi connectivity index (χ4n) is 4.45. The number of hydrogen-bond donors (Lipinski definition) is 2. The van der Waals surface area contributed by atoms with E-state index >= 15 is 0 Å². The lowest BCUT2D eigenvalue weighted by Crippen LogP contribution is -2.50. The van der Waals surface area contributed by atoms with Gasteiger partial charge in [0.25, 0.3) is 0 Å². The Hall–Kier alpha value is -3.01. The maximum atomic E-state index is 13.0. The smallest absolute Gasteiger partial charge is 0.338 e. The molecule has 0 aliphatic carbocycles. The molecule has 3 aliphatic rings. The summed E-state index contributed by atoms with van der Waals surface area (Å²) in [7, 11) is 0. The Morgan fingerprint density at radius 2 is 1.97 bits per heavy atom. The summed E-state index contributed by atoms with van der Waals surface area (Å²) >= 11 is 1.57. The van der Waals surface area contributed by atoms with Crippen LogP contribution in [-0.2, 0) is 28.7 Å². The lowest BCUT2D eigenvalue weighted by molar-refractivity contribution is -0.153. The van der Waals surface area contributed by atoms with Crippen molar-refractivity contribution in [3.8, 4) is 0 Å². The summed E-state index contributed by atoms with van der Waals surface area (Å²) in [6.45, 7) is 3.21. The van der Waals surface area contributed by atoms with Gasteiger partial charge < -0.3 is 25.0 Å². The Balaban J connectivity index is 1.53. The number of fused-ring (bicyclic) bond motifs is 1. The molecule has 10 heteroatoms. The van der Waals surface area contributed by atoms with Gasteiger partial charge in [-0.05, 0) is 25.8 Å². The van der Waals surface area contributed by atoms with Gasteiger partial charge in [0.05, 0.1) is 23.9 Å². The monoisotopic (exact) mass is 459 g/mol. The molecule has 0 saturated carbocycles. The van der Waals surface area contributed by atoms with Crippen LogP contribution < -0.4 is 10.6 Å². The molecule has 170 valence electrons. The second-order valence-electron chi connectivity index (χ2n) is 7.78. The zero-order valence-corrected chi connectivity index (χ0v) is 18.7. The first kappa shape index (κ1) is 22.2. The molecule has 32 heavy (non-hydrogen) atoms. The van der Waals surface area contributed by atoms with Gasteiger partial charge in [-0.15, -0.1) is 11.8 Å². The minimum atomic E-state index is -0.739. The SMILES string of the molecule is CCOC(=O)C1=C(COC(=O)C2CSC3(c4ccccc4)CCC(=O)N23)NC(=O)NC1C. The highest BCUT2D eigenvalue weighted by atomic mass is 32.2. The molecule has 4 rings (SSSR count). The van der Waals surface area contributed by atoms with Gasteiger partial charge in [-0.25, -0.2) is 14.4 Å². The summed E-state index contributed by atoms with van der Waals surface area (Å²) in [5.41, 5.74) is 1.37. The minimum absolute atomic E-state index is 0.0870. The molecule has 0 spiro atoms. The maximum Gasteiger partial charge on any atom is 0.338 e. The first-order chi connectivity index (χ1) is 15.4. The maximum absolute atomic E-state index is 13.0. The lowest BCUT2D eigenvalue weighted by Gasteiger charge is -2.33. The third-order valence-electron chi connectivity index (χ3n) is 5.85. The highest BCUT2D eigenvalue weighted by Gasteiger charge is 2.57. The van der Waals surface area contributed by atoms with Crippen molar-refractivity contribution in [1.82, 2.24) is 15.5 Å². The average molecular weight is 460 g/mol. The minimum Gasteiger partial charge on any atom is -0.463 e. The number of carbonyl (C=O) groups excluding carboxylic acids is 4. The Morgan fingerprint density at radius 3 is 2.69 bits per heavy atom. The van der Waals surface area contributed by atoms with Crippen LogP contribution in [0.5, 0.6) is 0 Å². The molecule has 3 atom stereocenters. The van der Waals surface area contributed by atoms with Crippen LogP contribution in [0.2, 0.25) is 0 Å². The van der Waals surface area contributed by atoms with Crippen molar-refractivity contribution in [2.45, 2.75) is 43.6 Å². The fraction of sp³-hybridized carbons (Fsp3) is 0.455. The molecule has 2 N–H and O–H groups in total. The zero-order chi connectivity index (χ0) is 22.9. The quantitative estimate of drug-likeness (QED) is 0.622. The normalized spacial score (nSPS) is 27.0. The van der Waals surface area contributed by atoms with Crippen LogP contribution in [0.4, 0.5) is 4.79 Å². The molecule has 0 radical (unpaired) electrons. The van der Waals surface area contributed by atoms with Crippen molar-refractivity contribution in [1.29, 1.82) is 0 Å². The number of hydrogen-bond acceptors (Lipinski definition) is 7. The Kier molecular flexibility index (Phi) is 6.14. The number of nitrogens with one attached hydrogen (secondary N) is 2. The number of ether oxygens (including phenoxy) is 2. The van der Waals surface area contributed by atoms with Gasteiger partial charge in [0.2, 0.25) is 5.91 Å². The van der Waals surface area contributed by atoms with Crippen LogP contribution in [0.15, 0.2) is 41.6 Å². The van der Waals surface area contributed by atoms with E-state index in [0.717, 1.165) is 5.56 Å². The average Bonchev–Trinajstić information content (AvgIpc) is 3.31. The molecule has 2 saturated heterocycles. The van der Waals surface area contributed by atoms with Gasteiger partial charge in [-0.1, -0.05) is 30.3 Å². The number of nitrogens with zero attached hydrogens (tertiary/aromatic N) is 1. The lowest BCUT2D eigenvalue weighted by atomic mass is 10.0. The van der Waals surface area contributed by atoms with Crippen LogP contribution in [0.1, 0.15) is 32.3 Å². The van der Waals surface area contributed by atoms with E-state index in [9.17, 15) is 19.2 Å². The fourth-order valence-corrected chi connectivity index (χ4v) is 6.08. The molecule has 1 aromatic rings. The number of urea groups is 1.